The van der Waals surface area contributed by atoms with Crippen molar-refractivity contribution < 1.29 is 4.74 Å². The molecule has 0 aromatic rings. The van der Waals surface area contributed by atoms with Crippen LogP contribution in [0.25, 0.3) is 0 Å². The predicted molar refractivity (Wildman–Crippen MR) is 50.1 cm³/mol. The van der Waals surface area contributed by atoms with E-state index in [4.69, 9.17) is 10.5 Å². The Kier molecular flexibility index (Phi) is 3.50. The van der Waals surface area contributed by atoms with E-state index in [-0.39, 0.29) is 5.54 Å². The highest BCUT2D eigenvalue weighted by molar-refractivity contribution is 4.95. The Bertz CT molecular complexity index is 130. The third kappa shape index (κ3) is 2.44. The molecule has 0 aromatic carbocycles. The van der Waals surface area contributed by atoms with E-state index in [0.29, 0.717) is 12.6 Å². The van der Waals surface area contributed by atoms with Crippen LogP contribution in [0.1, 0.15) is 26.2 Å². The second-order valence-corrected chi connectivity index (χ2v) is 3.69. The molecule has 0 spiro atoms. The second kappa shape index (κ2) is 4.21. The third-order valence-corrected chi connectivity index (χ3v) is 2.58. The molecule has 72 valence electrons. The summed E-state index contributed by atoms with van der Waals surface area (Å²) in [5, 5.41) is 3.55. The van der Waals surface area contributed by atoms with E-state index < -0.39 is 0 Å². The summed E-state index contributed by atoms with van der Waals surface area (Å²) in [5.41, 5.74) is 5.76. The van der Waals surface area contributed by atoms with Crippen molar-refractivity contribution in [3.05, 3.63) is 0 Å². The van der Waals surface area contributed by atoms with Gasteiger partial charge in [0.15, 0.2) is 0 Å². The van der Waals surface area contributed by atoms with Crippen LogP contribution in [0.5, 0.6) is 0 Å². The molecule has 12 heavy (non-hydrogen) atoms. The zero-order valence-electron chi connectivity index (χ0n) is 8.10. The molecule has 0 amide bonds. The molecule has 1 atom stereocenters. The quantitative estimate of drug-likeness (QED) is 0.613. The molecular formula is C9H20N2O. The minimum absolute atomic E-state index is 0.0237. The maximum atomic E-state index is 5.74. The molecule has 3 heteroatoms. The fourth-order valence-corrected chi connectivity index (χ4v) is 1.44. The van der Waals surface area contributed by atoms with Crippen LogP contribution in [0.2, 0.25) is 0 Å². The number of hydrogen-bond donors (Lipinski definition) is 2. The highest BCUT2D eigenvalue weighted by Gasteiger charge is 2.33. The first-order chi connectivity index (χ1) is 5.76. The maximum Gasteiger partial charge on any atom is 0.0656 e. The lowest BCUT2D eigenvalue weighted by atomic mass is 9.97. The molecule has 1 unspecified atom stereocenters. The van der Waals surface area contributed by atoms with E-state index in [0.717, 1.165) is 13.0 Å². The van der Waals surface area contributed by atoms with Gasteiger partial charge < -0.3 is 15.8 Å². The van der Waals surface area contributed by atoms with Crippen LogP contribution in [0, 0.1) is 0 Å². The first kappa shape index (κ1) is 9.96. The van der Waals surface area contributed by atoms with Crippen LogP contribution in [-0.4, -0.2) is 31.8 Å². The van der Waals surface area contributed by atoms with E-state index in [1.807, 2.05) is 0 Å². The number of ether oxygens (including phenoxy) is 1. The summed E-state index contributed by atoms with van der Waals surface area (Å²) in [5.74, 6) is 0. The number of methoxy groups -OCH3 is 1. The summed E-state index contributed by atoms with van der Waals surface area (Å²) in [6, 6.07) is 0.698. The highest BCUT2D eigenvalue weighted by Crippen LogP contribution is 2.23. The molecule has 1 aliphatic rings. The van der Waals surface area contributed by atoms with Crippen molar-refractivity contribution in [2.45, 2.75) is 37.8 Å². The van der Waals surface area contributed by atoms with Crippen molar-refractivity contribution in [3.63, 3.8) is 0 Å². The molecular weight excluding hydrogens is 152 g/mol. The minimum atomic E-state index is 0.0237. The van der Waals surface area contributed by atoms with Crippen LogP contribution in [-0.2, 0) is 4.74 Å². The summed E-state index contributed by atoms with van der Waals surface area (Å²) >= 11 is 0. The van der Waals surface area contributed by atoms with Gasteiger partial charge in [-0.25, -0.2) is 0 Å². The molecule has 0 bridgehead atoms. The molecule has 0 aromatic heterocycles. The lowest BCUT2D eigenvalue weighted by Crippen LogP contribution is -2.55. The smallest absolute Gasteiger partial charge is 0.0656 e. The average molecular weight is 172 g/mol. The Morgan fingerprint density at radius 2 is 2.25 bits per heavy atom. The standard InChI is InChI=1S/C9H20N2O/c1-3-9(6-10,7-12-2)11-8-4-5-8/h8,11H,3-7,10H2,1-2H3. The van der Waals surface area contributed by atoms with Gasteiger partial charge in [0.25, 0.3) is 0 Å². The SMILES string of the molecule is CCC(CN)(COC)NC1CC1. The van der Waals surface area contributed by atoms with Gasteiger partial charge in [0, 0.05) is 19.7 Å². The van der Waals surface area contributed by atoms with Gasteiger partial charge >= 0.3 is 0 Å². The monoisotopic (exact) mass is 172 g/mol. The van der Waals surface area contributed by atoms with E-state index in [1.165, 1.54) is 12.8 Å². The summed E-state index contributed by atoms with van der Waals surface area (Å²) < 4.78 is 5.18. The summed E-state index contributed by atoms with van der Waals surface area (Å²) in [6.07, 6.45) is 3.63. The lowest BCUT2D eigenvalue weighted by Gasteiger charge is -2.32. The Hall–Kier alpha value is -0.120. The zero-order valence-corrected chi connectivity index (χ0v) is 8.10. The molecule has 0 saturated heterocycles. The van der Waals surface area contributed by atoms with Crippen molar-refractivity contribution in [3.8, 4) is 0 Å². The summed E-state index contributed by atoms with van der Waals surface area (Å²) in [7, 11) is 1.73. The van der Waals surface area contributed by atoms with Gasteiger partial charge in [-0.2, -0.15) is 0 Å². The molecule has 1 rings (SSSR count). The van der Waals surface area contributed by atoms with Gasteiger partial charge in [-0.3, -0.25) is 0 Å². The van der Waals surface area contributed by atoms with Crippen LogP contribution in [0.15, 0.2) is 0 Å². The maximum absolute atomic E-state index is 5.74. The van der Waals surface area contributed by atoms with Gasteiger partial charge in [-0.05, 0) is 19.3 Å². The molecule has 0 heterocycles. The predicted octanol–water partition coefficient (Wildman–Crippen LogP) is 0.492. The molecule has 3 nitrogen and oxygen atoms in total. The van der Waals surface area contributed by atoms with Gasteiger partial charge in [-0.15, -0.1) is 0 Å². The highest BCUT2D eigenvalue weighted by atomic mass is 16.5. The van der Waals surface area contributed by atoms with E-state index in [9.17, 15) is 0 Å². The number of nitrogens with two attached hydrogens (primary N) is 1. The van der Waals surface area contributed by atoms with Crippen molar-refractivity contribution in [1.82, 2.24) is 5.32 Å². The normalized spacial score (nSPS) is 22.2. The van der Waals surface area contributed by atoms with E-state index in [2.05, 4.69) is 12.2 Å². The fourth-order valence-electron chi connectivity index (χ4n) is 1.44. The molecule has 0 radical (unpaired) electrons. The Balaban J connectivity index is 2.41. The van der Waals surface area contributed by atoms with Crippen molar-refractivity contribution in [2.75, 3.05) is 20.3 Å². The van der Waals surface area contributed by atoms with E-state index in [1.54, 1.807) is 7.11 Å². The van der Waals surface area contributed by atoms with Crippen molar-refractivity contribution in [1.29, 1.82) is 0 Å². The fraction of sp³-hybridized carbons (Fsp3) is 1.00. The van der Waals surface area contributed by atoms with Gasteiger partial charge in [-0.1, -0.05) is 6.92 Å². The molecule has 1 saturated carbocycles. The lowest BCUT2D eigenvalue weighted by molar-refractivity contribution is 0.109. The van der Waals surface area contributed by atoms with E-state index >= 15 is 0 Å². The Labute approximate surface area is 74.7 Å². The largest absolute Gasteiger partial charge is 0.383 e. The topological polar surface area (TPSA) is 47.3 Å². The number of hydrogen-bond acceptors (Lipinski definition) is 3. The first-order valence-corrected chi connectivity index (χ1v) is 4.73. The Morgan fingerprint density at radius 1 is 1.58 bits per heavy atom. The van der Waals surface area contributed by atoms with Crippen molar-refractivity contribution in [2.24, 2.45) is 5.73 Å². The van der Waals surface area contributed by atoms with Crippen molar-refractivity contribution >= 4 is 0 Å². The van der Waals surface area contributed by atoms with Gasteiger partial charge in [0.2, 0.25) is 0 Å². The first-order valence-electron chi connectivity index (χ1n) is 4.73. The molecule has 1 fully saturated rings. The summed E-state index contributed by atoms with van der Waals surface area (Å²) in [6.45, 7) is 3.53. The molecule has 1 aliphatic carbocycles. The molecule has 0 aliphatic heterocycles. The second-order valence-electron chi connectivity index (χ2n) is 3.69. The van der Waals surface area contributed by atoms with Crippen LogP contribution < -0.4 is 11.1 Å². The van der Waals surface area contributed by atoms with Crippen LogP contribution in [0.4, 0.5) is 0 Å². The Morgan fingerprint density at radius 3 is 2.58 bits per heavy atom. The van der Waals surface area contributed by atoms with Gasteiger partial charge in [0.1, 0.15) is 0 Å². The number of rotatable bonds is 6. The number of nitrogens with one attached hydrogen (secondary N) is 1. The summed E-state index contributed by atoms with van der Waals surface area (Å²) in [4.78, 5) is 0. The van der Waals surface area contributed by atoms with Gasteiger partial charge in [0.05, 0.1) is 12.1 Å². The third-order valence-electron chi connectivity index (χ3n) is 2.58. The zero-order chi connectivity index (χ0) is 9.03. The minimum Gasteiger partial charge on any atom is -0.383 e. The molecule has 3 N–H and O–H groups in total. The van der Waals surface area contributed by atoms with Crippen LogP contribution >= 0.6 is 0 Å². The average Bonchev–Trinajstić information content (AvgIpc) is 2.87. The van der Waals surface area contributed by atoms with Crippen LogP contribution in [0.3, 0.4) is 0 Å².